The van der Waals surface area contributed by atoms with E-state index in [1.54, 1.807) is 0 Å². The van der Waals surface area contributed by atoms with Crippen LogP contribution in [0.4, 0.5) is 0 Å². The molecule has 1 aliphatic rings. The molecular weight excluding hydrogens is 136 g/mol. The third-order valence-corrected chi connectivity index (χ3v) is 3.12. The first-order valence-electron chi connectivity index (χ1n) is 4.30. The lowest BCUT2D eigenvalue weighted by Crippen LogP contribution is -2.49. The lowest BCUT2D eigenvalue weighted by molar-refractivity contribution is 0.190. The van der Waals surface area contributed by atoms with E-state index in [9.17, 15) is 0 Å². The highest BCUT2D eigenvalue weighted by atomic mass is 14.8. The normalized spacial score (nSPS) is 44.9. The molecular formula is C9H16N2. The van der Waals surface area contributed by atoms with Crippen LogP contribution in [0.2, 0.25) is 0 Å². The molecule has 0 aromatic rings. The molecule has 0 aromatic carbocycles. The standard InChI is InChI=1S/C9H16N2/c1-7-4-3-5-9(11,6-10)8(7)2/h7-8H,3-5,11H2,1-2H3. The van der Waals surface area contributed by atoms with Crippen molar-refractivity contribution in [2.24, 2.45) is 17.6 Å². The van der Waals surface area contributed by atoms with Gasteiger partial charge in [-0.3, -0.25) is 0 Å². The van der Waals surface area contributed by atoms with E-state index < -0.39 is 5.54 Å². The van der Waals surface area contributed by atoms with Crippen molar-refractivity contribution >= 4 is 0 Å². The van der Waals surface area contributed by atoms with Gasteiger partial charge in [-0.15, -0.1) is 0 Å². The van der Waals surface area contributed by atoms with E-state index in [1.807, 2.05) is 0 Å². The maximum atomic E-state index is 8.86. The van der Waals surface area contributed by atoms with Gasteiger partial charge in [-0.2, -0.15) is 5.26 Å². The molecule has 1 fully saturated rings. The summed E-state index contributed by atoms with van der Waals surface area (Å²) in [5, 5.41) is 8.86. The average molecular weight is 152 g/mol. The van der Waals surface area contributed by atoms with E-state index in [1.165, 1.54) is 6.42 Å². The van der Waals surface area contributed by atoms with E-state index in [2.05, 4.69) is 19.9 Å². The summed E-state index contributed by atoms with van der Waals surface area (Å²) in [4.78, 5) is 0. The molecule has 0 aliphatic heterocycles. The van der Waals surface area contributed by atoms with Crippen LogP contribution in [0.3, 0.4) is 0 Å². The minimum Gasteiger partial charge on any atom is -0.313 e. The summed E-state index contributed by atoms with van der Waals surface area (Å²) in [6.07, 6.45) is 3.20. The number of hydrogen-bond donors (Lipinski definition) is 1. The van der Waals surface area contributed by atoms with Gasteiger partial charge in [0.25, 0.3) is 0 Å². The van der Waals surface area contributed by atoms with E-state index >= 15 is 0 Å². The highest BCUT2D eigenvalue weighted by molar-refractivity contribution is 5.10. The van der Waals surface area contributed by atoms with Crippen molar-refractivity contribution in [3.05, 3.63) is 0 Å². The Balaban J connectivity index is 2.74. The molecule has 0 saturated heterocycles. The number of nitrogens with two attached hydrogens (primary N) is 1. The lowest BCUT2D eigenvalue weighted by atomic mass is 9.70. The molecule has 62 valence electrons. The molecule has 1 aliphatic carbocycles. The van der Waals surface area contributed by atoms with Crippen LogP contribution in [0.25, 0.3) is 0 Å². The molecule has 0 bridgehead atoms. The molecule has 0 radical (unpaired) electrons. The highest BCUT2D eigenvalue weighted by Gasteiger charge is 2.38. The van der Waals surface area contributed by atoms with Crippen molar-refractivity contribution in [1.82, 2.24) is 0 Å². The van der Waals surface area contributed by atoms with Gasteiger partial charge in [0.15, 0.2) is 0 Å². The lowest BCUT2D eigenvalue weighted by Gasteiger charge is -2.37. The molecule has 3 unspecified atom stereocenters. The molecule has 1 saturated carbocycles. The largest absolute Gasteiger partial charge is 0.313 e. The second-order valence-electron chi connectivity index (χ2n) is 3.81. The summed E-state index contributed by atoms with van der Waals surface area (Å²) in [5.41, 5.74) is 5.39. The zero-order chi connectivity index (χ0) is 8.48. The quantitative estimate of drug-likeness (QED) is 0.574. The first kappa shape index (κ1) is 8.55. The van der Waals surface area contributed by atoms with Crippen LogP contribution in [0.5, 0.6) is 0 Å². The van der Waals surface area contributed by atoms with Crippen molar-refractivity contribution in [3.8, 4) is 6.07 Å². The molecule has 0 spiro atoms. The average Bonchev–Trinajstić information content (AvgIpc) is 2.00. The summed E-state index contributed by atoms with van der Waals surface area (Å²) in [6.45, 7) is 4.27. The van der Waals surface area contributed by atoms with E-state index in [0.29, 0.717) is 11.8 Å². The molecule has 2 nitrogen and oxygen atoms in total. The van der Waals surface area contributed by atoms with Crippen LogP contribution in [-0.2, 0) is 0 Å². The number of nitriles is 1. The number of rotatable bonds is 0. The fourth-order valence-corrected chi connectivity index (χ4v) is 1.86. The molecule has 2 heteroatoms. The van der Waals surface area contributed by atoms with Crippen molar-refractivity contribution in [1.29, 1.82) is 5.26 Å². The monoisotopic (exact) mass is 152 g/mol. The van der Waals surface area contributed by atoms with Gasteiger partial charge in [0.2, 0.25) is 0 Å². The Labute approximate surface area is 68.4 Å². The second-order valence-corrected chi connectivity index (χ2v) is 3.81. The number of hydrogen-bond acceptors (Lipinski definition) is 2. The predicted molar refractivity (Wildman–Crippen MR) is 44.7 cm³/mol. The number of nitrogens with zero attached hydrogens (tertiary/aromatic N) is 1. The van der Waals surface area contributed by atoms with Gasteiger partial charge in [-0.1, -0.05) is 26.7 Å². The maximum Gasteiger partial charge on any atom is 0.107 e. The van der Waals surface area contributed by atoms with Crippen molar-refractivity contribution in [2.45, 2.75) is 38.6 Å². The molecule has 0 amide bonds. The Hall–Kier alpha value is -0.550. The summed E-state index contributed by atoms with van der Waals surface area (Å²) >= 11 is 0. The van der Waals surface area contributed by atoms with Gasteiger partial charge < -0.3 is 5.73 Å². The van der Waals surface area contributed by atoms with E-state index in [4.69, 9.17) is 11.0 Å². The maximum absolute atomic E-state index is 8.86. The molecule has 2 N–H and O–H groups in total. The van der Waals surface area contributed by atoms with E-state index in [0.717, 1.165) is 12.8 Å². The van der Waals surface area contributed by atoms with Gasteiger partial charge in [-0.25, -0.2) is 0 Å². The topological polar surface area (TPSA) is 49.8 Å². The fourth-order valence-electron chi connectivity index (χ4n) is 1.86. The molecule has 0 aromatic heterocycles. The Morgan fingerprint density at radius 1 is 1.55 bits per heavy atom. The Kier molecular flexibility index (Phi) is 2.20. The van der Waals surface area contributed by atoms with Crippen LogP contribution in [0.1, 0.15) is 33.1 Å². The summed E-state index contributed by atoms with van der Waals surface area (Å²) in [5.74, 6) is 0.953. The second kappa shape index (κ2) is 2.83. The van der Waals surface area contributed by atoms with Gasteiger partial charge >= 0.3 is 0 Å². The van der Waals surface area contributed by atoms with Crippen LogP contribution in [0.15, 0.2) is 0 Å². The van der Waals surface area contributed by atoms with Crippen LogP contribution >= 0.6 is 0 Å². The fraction of sp³-hybridized carbons (Fsp3) is 0.889. The van der Waals surface area contributed by atoms with Crippen LogP contribution < -0.4 is 5.73 Å². The molecule has 3 atom stereocenters. The Morgan fingerprint density at radius 2 is 2.18 bits per heavy atom. The zero-order valence-corrected chi connectivity index (χ0v) is 7.30. The minimum absolute atomic E-state index is 0.348. The minimum atomic E-state index is -0.544. The van der Waals surface area contributed by atoms with E-state index in [-0.39, 0.29) is 0 Å². The van der Waals surface area contributed by atoms with Gasteiger partial charge in [-0.05, 0) is 18.3 Å². The molecule has 11 heavy (non-hydrogen) atoms. The first-order valence-corrected chi connectivity index (χ1v) is 4.30. The van der Waals surface area contributed by atoms with Crippen molar-refractivity contribution in [2.75, 3.05) is 0 Å². The highest BCUT2D eigenvalue weighted by Crippen LogP contribution is 2.35. The third kappa shape index (κ3) is 1.39. The SMILES string of the molecule is CC1CCCC(N)(C#N)C1C. The Bertz CT molecular complexity index is 182. The summed E-state index contributed by atoms with van der Waals surface area (Å²) in [6, 6.07) is 2.24. The van der Waals surface area contributed by atoms with Crippen LogP contribution in [-0.4, -0.2) is 5.54 Å². The van der Waals surface area contributed by atoms with Gasteiger partial charge in [0, 0.05) is 0 Å². The van der Waals surface area contributed by atoms with Gasteiger partial charge in [0.1, 0.15) is 5.54 Å². The smallest absolute Gasteiger partial charge is 0.107 e. The molecule has 1 rings (SSSR count). The predicted octanol–water partition coefficient (Wildman–Crippen LogP) is 1.66. The summed E-state index contributed by atoms with van der Waals surface area (Å²) in [7, 11) is 0. The molecule has 0 heterocycles. The van der Waals surface area contributed by atoms with Gasteiger partial charge in [0.05, 0.1) is 6.07 Å². The third-order valence-electron chi connectivity index (χ3n) is 3.12. The van der Waals surface area contributed by atoms with Crippen LogP contribution in [0, 0.1) is 23.2 Å². The zero-order valence-electron chi connectivity index (χ0n) is 7.30. The van der Waals surface area contributed by atoms with Crippen molar-refractivity contribution in [3.63, 3.8) is 0 Å². The van der Waals surface area contributed by atoms with Crippen molar-refractivity contribution < 1.29 is 0 Å². The Morgan fingerprint density at radius 3 is 2.64 bits per heavy atom. The summed E-state index contributed by atoms with van der Waals surface area (Å²) < 4.78 is 0. The first-order chi connectivity index (χ1) is 5.10.